The molecule has 1 saturated heterocycles. The molecule has 0 bridgehead atoms. The second-order valence-corrected chi connectivity index (χ2v) is 5.85. The highest BCUT2D eigenvalue weighted by molar-refractivity contribution is 7.07. The first kappa shape index (κ1) is 12.6. The second-order valence-electron chi connectivity index (χ2n) is 5.07. The van der Waals surface area contributed by atoms with E-state index in [2.05, 4.69) is 32.7 Å². The van der Waals surface area contributed by atoms with Gasteiger partial charge in [-0.2, -0.15) is 16.6 Å². The lowest BCUT2D eigenvalue weighted by molar-refractivity contribution is 0.0764. The highest BCUT2D eigenvalue weighted by Crippen LogP contribution is 2.17. The molecule has 0 amide bonds. The molecule has 4 heteroatoms. The van der Waals surface area contributed by atoms with Gasteiger partial charge in [-0.1, -0.05) is 0 Å². The molecule has 2 rings (SSSR count). The number of nitriles is 1. The van der Waals surface area contributed by atoms with E-state index in [4.69, 9.17) is 5.26 Å². The summed E-state index contributed by atoms with van der Waals surface area (Å²) in [6.45, 7) is 9.14. The van der Waals surface area contributed by atoms with E-state index in [1.807, 2.05) is 13.8 Å². The monoisotopic (exact) mass is 249 g/mol. The SMILES string of the molecule is CC(C)(C#N)N1CCN(Cc2ccsc2)CC1. The van der Waals surface area contributed by atoms with Gasteiger partial charge in [0.25, 0.3) is 0 Å². The molecule has 92 valence electrons. The quantitative estimate of drug-likeness (QED) is 0.822. The molecule has 17 heavy (non-hydrogen) atoms. The van der Waals surface area contributed by atoms with Gasteiger partial charge in [-0.25, -0.2) is 0 Å². The first-order valence-electron chi connectivity index (χ1n) is 6.01. The molecule has 1 aromatic rings. The van der Waals surface area contributed by atoms with E-state index >= 15 is 0 Å². The zero-order valence-electron chi connectivity index (χ0n) is 10.5. The van der Waals surface area contributed by atoms with E-state index in [0.29, 0.717) is 0 Å². The molecule has 0 aliphatic carbocycles. The summed E-state index contributed by atoms with van der Waals surface area (Å²) < 4.78 is 0. The Morgan fingerprint density at radius 2 is 2.06 bits per heavy atom. The summed E-state index contributed by atoms with van der Waals surface area (Å²) >= 11 is 1.76. The number of nitrogens with zero attached hydrogens (tertiary/aromatic N) is 3. The maximum atomic E-state index is 9.12. The van der Waals surface area contributed by atoms with Crippen LogP contribution < -0.4 is 0 Å². The summed E-state index contributed by atoms with van der Waals surface area (Å²) in [5.74, 6) is 0. The fourth-order valence-electron chi connectivity index (χ4n) is 2.18. The average Bonchev–Trinajstić information content (AvgIpc) is 2.83. The van der Waals surface area contributed by atoms with E-state index < -0.39 is 0 Å². The number of hydrogen-bond donors (Lipinski definition) is 0. The van der Waals surface area contributed by atoms with E-state index in [1.54, 1.807) is 11.3 Å². The normalized spacial score (nSPS) is 19.1. The van der Waals surface area contributed by atoms with Crippen LogP contribution in [0.1, 0.15) is 19.4 Å². The van der Waals surface area contributed by atoms with Crippen molar-refractivity contribution in [1.82, 2.24) is 9.80 Å². The summed E-state index contributed by atoms with van der Waals surface area (Å²) in [6.07, 6.45) is 0. The van der Waals surface area contributed by atoms with Gasteiger partial charge in [-0.05, 0) is 36.2 Å². The lowest BCUT2D eigenvalue weighted by Crippen LogP contribution is -2.53. The van der Waals surface area contributed by atoms with Crippen molar-refractivity contribution in [2.24, 2.45) is 0 Å². The van der Waals surface area contributed by atoms with Gasteiger partial charge < -0.3 is 0 Å². The molecular formula is C13H19N3S. The maximum absolute atomic E-state index is 9.12. The van der Waals surface area contributed by atoms with Crippen molar-refractivity contribution in [3.05, 3.63) is 22.4 Å². The topological polar surface area (TPSA) is 30.3 Å². The van der Waals surface area contributed by atoms with Crippen LogP contribution in [-0.4, -0.2) is 41.5 Å². The Hall–Kier alpha value is -0.890. The van der Waals surface area contributed by atoms with Gasteiger partial charge in [0.1, 0.15) is 5.54 Å². The minimum Gasteiger partial charge on any atom is -0.297 e. The van der Waals surface area contributed by atoms with Gasteiger partial charge in [-0.15, -0.1) is 0 Å². The van der Waals surface area contributed by atoms with Crippen molar-refractivity contribution in [1.29, 1.82) is 5.26 Å². The van der Waals surface area contributed by atoms with Crippen LogP contribution in [0.25, 0.3) is 0 Å². The highest BCUT2D eigenvalue weighted by Gasteiger charge is 2.29. The molecule has 1 aliphatic heterocycles. The predicted molar refractivity (Wildman–Crippen MR) is 70.9 cm³/mol. The predicted octanol–water partition coefficient (Wildman–Crippen LogP) is 2.17. The first-order valence-corrected chi connectivity index (χ1v) is 6.96. The Kier molecular flexibility index (Phi) is 3.82. The molecular weight excluding hydrogens is 230 g/mol. The maximum Gasteiger partial charge on any atom is 0.103 e. The van der Waals surface area contributed by atoms with Crippen molar-refractivity contribution in [2.45, 2.75) is 25.9 Å². The first-order chi connectivity index (χ1) is 8.12. The molecule has 0 atom stereocenters. The molecule has 0 saturated carbocycles. The van der Waals surface area contributed by atoms with Crippen LogP contribution in [0.3, 0.4) is 0 Å². The van der Waals surface area contributed by atoms with Crippen molar-refractivity contribution in [3.63, 3.8) is 0 Å². The average molecular weight is 249 g/mol. The molecule has 1 aromatic heterocycles. The van der Waals surface area contributed by atoms with E-state index in [0.717, 1.165) is 32.7 Å². The van der Waals surface area contributed by atoms with Gasteiger partial charge in [0.2, 0.25) is 0 Å². The fraction of sp³-hybridized carbons (Fsp3) is 0.615. The summed E-state index contributed by atoms with van der Waals surface area (Å²) in [5, 5.41) is 13.5. The molecule has 1 aliphatic rings. The molecule has 0 aromatic carbocycles. The summed E-state index contributed by atoms with van der Waals surface area (Å²) in [5.41, 5.74) is 1.08. The summed E-state index contributed by atoms with van der Waals surface area (Å²) in [7, 11) is 0. The molecule has 0 unspecified atom stereocenters. The van der Waals surface area contributed by atoms with Crippen LogP contribution in [0, 0.1) is 11.3 Å². The molecule has 1 fully saturated rings. The lowest BCUT2D eigenvalue weighted by Gasteiger charge is -2.40. The summed E-state index contributed by atoms with van der Waals surface area (Å²) in [4.78, 5) is 4.74. The zero-order valence-corrected chi connectivity index (χ0v) is 11.3. The third-order valence-corrected chi connectivity index (χ3v) is 4.15. The number of rotatable bonds is 3. The Morgan fingerprint density at radius 1 is 1.35 bits per heavy atom. The molecule has 0 N–H and O–H groups in total. The fourth-order valence-corrected chi connectivity index (χ4v) is 2.84. The smallest absolute Gasteiger partial charge is 0.103 e. The minimum atomic E-state index is -0.325. The van der Waals surface area contributed by atoms with Gasteiger partial charge in [0, 0.05) is 32.7 Å². The van der Waals surface area contributed by atoms with Crippen LogP contribution in [0.15, 0.2) is 16.8 Å². The highest BCUT2D eigenvalue weighted by atomic mass is 32.1. The number of thiophene rings is 1. The standard InChI is InChI=1S/C13H19N3S/c1-13(2,11-14)16-6-4-15(5-7-16)9-12-3-8-17-10-12/h3,8,10H,4-7,9H2,1-2H3. The van der Waals surface area contributed by atoms with E-state index in [9.17, 15) is 0 Å². The minimum absolute atomic E-state index is 0.325. The van der Waals surface area contributed by atoms with Crippen molar-refractivity contribution in [2.75, 3.05) is 26.2 Å². The Morgan fingerprint density at radius 3 is 2.59 bits per heavy atom. The Labute approximate surface area is 107 Å². The Balaban J connectivity index is 1.85. The lowest BCUT2D eigenvalue weighted by atomic mass is 10.0. The van der Waals surface area contributed by atoms with Gasteiger partial charge >= 0.3 is 0 Å². The van der Waals surface area contributed by atoms with Crippen molar-refractivity contribution in [3.8, 4) is 6.07 Å². The van der Waals surface area contributed by atoms with E-state index in [-0.39, 0.29) is 5.54 Å². The second kappa shape index (κ2) is 5.18. The van der Waals surface area contributed by atoms with E-state index in [1.165, 1.54) is 5.56 Å². The number of piperazine rings is 1. The van der Waals surface area contributed by atoms with Crippen LogP contribution in [0.4, 0.5) is 0 Å². The van der Waals surface area contributed by atoms with Gasteiger partial charge in [0.05, 0.1) is 6.07 Å². The molecule has 3 nitrogen and oxygen atoms in total. The molecule has 0 spiro atoms. The molecule has 0 radical (unpaired) electrons. The third-order valence-electron chi connectivity index (χ3n) is 3.42. The summed E-state index contributed by atoms with van der Waals surface area (Å²) in [6, 6.07) is 4.57. The van der Waals surface area contributed by atoms with Crippen LogP contribution >= 0.6 is 11.3 Å². The Bertz CT molecular complexity index is 383. The van der Waals surface area contributed by atoms with Gasteiger partial charge in [0.15, 0.2) is 0 Å². The van der Waals surface area contributed by atoms with Crippen LogP contribution in [-0.2, 0) is 6.54 Å². The zero-order chi connectivity index (χ0) is 12.3. The molecule has 2 heterocycles. The number of hydrogen-bond acceptors (Lipinski definition) is 4. The van der Waals surface area contributed by atoms with Gasteiger partial charge in [-0.3, -0.25) is 9.80 Å². The van der Waals surface area contributed by atoms with Crippen LogP contribution in [0.5, 0.6) is 0 Å². The van der Waals surface area contributed by atoms with Crippen LogP contribution in [0.2, 0.25) is 0 Å². The van der Waals surface area contributed by atoms with Crippen molar-refractivity contribution < 1.29 is 0 Å². The van der Waals surface area contributed by atoms with Crippen molar-refractivity contribution >= 4 is 11.3 Å². The third kappa shape index (κ3) is 3.06. The largest absolute Gasteiger partial charge is 0.297 e.